The van der Waals surface area contributed by atoms with E-state index in [0.717, 1.165) is 25.7 Å². The van der Waals surface area contributed by atoms with Crippen molar-refractivity contribution in [3.05, 3.63) is 29.1 Å². The minimum Gasteiger partial charge on any atom is -0.380 e. The van der Waals surface area contributed by atoms with Gasteiger partial charge in [-0.05, 0) is 47.0 Å². The molecule has 0 saturated carbocycles. The van der Waals surface area contributed by atoms with Gasteiger partial charge in [0.2, 0.25) is 5.82 Å². The topological polar surface area (TPSA) is 50.7 Å². The highest BCUT2D eigenvalue weighted by molar-refractivity contribution is 5.47. The van der Waals surface area contributed by atoms with Gasteiger partial charge >= 0.3 is 0 Å². The van der Waals surface area contributed by atoms with Crippen LogP contribution in [0.5, 0.6) is 0 Å². The lowest BCUT2D eigenvalue weighted by Crippen LogP contribution is -2.47. The maximum atomic E-state index is 13.8. The fourth-order valence-electron chi connectivity index (χ4n) is 4.07. The molecule has 9 heteroatoms. The third-order valence-electron chi connectivity index (χ3n) is 5.72. The van der Waals surface area contributed by atoms with Crippen molar-refractivity contribution in [3.63, 3.8) is 0 Å². The molecule has 204 valence electrons. The summed E-state index contributed by atoms with van der Waals surface area (Å²) in [7, 11) is 0. The molecule has 1 atom stereocenters. The molecule has 1 rings (SSSR count). The van der Waals surface area contributed by atoms with Gasteiger partial charge in [0.1, 0.15) is 5.69 Å². The molecule has 0 saturated heterocycles. The molecule has 1 aromatic carbocycles. The van der Waals surface area contributed by atoms with Gasteiger partial charge in [-0.15, -0.1) is 0 Å². The van der Waals surface area contributed by atoms with Gasteiger partial charge in [-0.1, -0.05) is 51.9 Å². The van der Waals surface area contributed by atoms with E-state index >= 15 is 0 Å². The van der Waals surface area contributed by atoms with Crippen LogP contribution in [0.15, 0.2) is 0 Å². The van der Waals surface area contributed by atoms with Crippen molar-refractivity contribution in [1.29, 1.82) is 0 Å². The zero-order valence-electron chi connectivity index (χ0n) is 21.7. The first-order valence-electron chi connectivity index (χ1n) is 12.8. The molecule has 35 heavy (non-hydrogen) atoms. The lowest BCUT2D eigenvalue weighted by molar-refractivity contribution is -0.407. The van der Waals surface area contributed by atoms with Crippen molar-refractivity contribution < 1.29 is 36.5 Å². The Kier molecular flexibility index (Phi) is 14.1. The molecule has 0 aromatic heterocycles. The molecule has 0 bridgehead atoms. The average Bonchev–Trinajstić information content (AvgIpc) is 2.77. The van der Waals surface area contributed by atoms with Gasteiger partial charge < -0.3 is 19.9 Å². The summed E-state index contributed by atoms with van der Waals surface area (Å²) in [5.41, 5.74) is -1.03. The van der Waals surface area contributed by atoms with E-state index in [0.29, 0.717) is 25.7 Å². The highest BCUT2D eigenvalue weighted by atomic mass is 19.2. The summed E-state index contributed by atoms with van der Waals surface area (Å²) in [5.74, 6) is -12.0. The second kappa shape index (κ2) is 15.6. The monoisotopic (exact) mass is 511 g/mol. The highest BCUT2D eigenvalue weighted by Crippen LogP contribution is 2.33. The molecule has 0 radical (unpaired) electrons. The van der Waals surface area contributed by atoms with Gasteiger partial charge in [-0.25, -0.2) is 22.0 Å². The van der Waals surface area contributed by atoms with Crippen molar-refractivity contribution >= 4 is 5.69 Å². The Morgan fingerprint density at radius 3 is 1.60 bits per heavy atom. The van der Waals surface area contributed by atoms with Gasteiger partial charge in [-0.3, -0.25) is 0 Å². The Labute approximate surface area is 206 Å². The van der Waals surface area contributed by atoms with E-state index in [9.17, 15) is 27.1 Å². The van der Waals surface area contributed by atoms with Crippen LogP contribution in [-0.4, -0.2) is 29.8 Å². The van der Waals surface area contributed by atoms with E-state index in [1.807, 2.05) is 27.7 Å². The fourth-order valence-corrected chi connectivity index (χ4v) is 4.07. The van der Waals surface area contributed by atoms with Crippen molar-refractivity contribution in [3.8, 4) is 0 Å². The first kappa shape index (κ1) is 31.6. The highest BCUT2D eigenvalue weighted by Gasteiger charge is 2.40. The SMILES string of the molecule is CCCCCCCCC(CCCCNc1c(F)c(F)c(F)c(F)c1F)C(O)(OC(C)C)OC(C)C. The Balaban J connectivity index is 2.77. The zero-order valence-corrected chi connectivity index (χ0v) is 21.7. The third kappa shape index (κ3) is 10.2. The minimum atomic E-state index is -2.18. The number of nitrogens with one attached hydrogen (secondary N) is 1. The number of ether oxygens (including phenoxy) is 2. The standard InChI is InChI=1S/C26H42F5NO3/c1-6-7-8-9-10-11-14-19(26(33,34-17(2)3)35-18(4)5)15-12-13-16-32-25-23(30)21(28)20(27)22(29)24(25)31/h17-19,32-33H,6-16H2,1-5H3. The van der Waals surface area contributed by atoms with Crippen LogP contribution >= 0.6 is 0 Å². The van der Waals surface area contributed by atoms with Crippen LogP contribution in [0.25, 0.3) is 0 Å². The van der Waals surface area contributed by atoms with E-state index in [1.165, 1.54) is 12.8 Å². The van der Waals surface area contributed by atoms with Gasteiger partial charge in [0.05, 0.1) is 12.2 Å². The molecule has 0 aliphatic heterocycles. The number of halogens is 5. The third-order valence-corrected chi connectivity index (χ3v) is 5.72. The second-order valence-electron chi connectivity index (χ2n) is 9.58. The van der Waals surface area contributed by atoms with Crippen LogP contribution < -0.4 is 5.32 Å². The zero-order chi connectivity index (χ0) is 26.6. The summed E-state index contributed by atoms with van der Waals surface area (Å²) in [6, 6.07) is 0. The van der Waals surface area contributed by atoms with Crippen molar-refractivity contribution in [2.45, 2.75) is 117 Å². The van der Waals surface area contributed by atoms with Crippen LogP contribution in [0.1, 0.15) is 98.8 Å². The first-order chi connectivity index (χ1) is 16.4. The summed E-state index contributed by atoms with van der Waals surface area (Å²) in [6.45, 7) is 9.39. The van der Waals surface area contributed by atoms with Gasteiger partial charge in [0.15, 0.2) is 23.3 Å². The van der Waals surface area contributed by atoms with Crippen LogP contribution in [-0.2, 0) is 9.47 Å². The summed E-state index contributed by atoms with van der Waals surface area (Å²) in [5, 5.41) is 13.6. The first-order valence-corrected chi connectivity index (χ1v) is 12.8. The molecule has 2 N–H and O–H groups in total. The van der Waals surface area contributed by atoms with E-state index in [4.69, 9.17) is 9.47 Å². The lowest BCUT2D eigenvalue weighted by atomic mass is 9.92. The van der Waals surface area contributed by atoms with Crippen molar-refractivity contribution in [2.75, 3.05) is 11.9 Å². The molecule has 1 unspecified atom stereocenters. The second-order valence-corrected chi connectivity index (χ2v) is 9.58. The molecule has 0 amide bonds. The molecule has 0 fully saturated rings. The summed E-state index contributed by atoms with van der Waals surface area (Å²) >= 11 is 0. The number of benzene rings is 1. The number of hydrogen-bond donors (Lipinski definition) is 2. The molecular formula is C26H42F5NO3. The molecular weight excluding hydrogens is 469 g/mol. The summed E-state index contributed by atoms with van der Waals surface area (Å²) < 4.78 is 79.3. The number of anilines is 1. The average molecular weight is 512 g/mol. The van der Waals surface area contributed by atoms with Gasteiger partial charge in [0.25, 0.3) is 5.97 Å². The molecule has 4 nitrogen and oxygen atoms in total. The largest absolute Gasteiger partial charge is 0.380 e. The smallest absolute Gasteiger partial charge is 0.283 e. The number of hydrogen-bond acceptors (Lipinski definition) is 4. The predicted molar refractivity (Wildman–Crippen MR) is 127 cm³/mol. The van der Waals surface area contributed by atoms with E-state index < -0.39 is 40.7 Å². The molecule has 0 aliphatic carbocycles. The molecule has 1 aromatic rings. The van der Waals surface area contributed by atoms with E-state index in [2.05, 4.69) is 12.2 Å². The maximum absolute atomic E-state index is 13.8. The quantitative estimate of drug-likeness (QED) is 0.0693. The maximum Gasteiger partial charge on any atom is 0.283 e. The summed E-state index contributed by atoms with van der Waals surface area (Å²) in [4.78, 5) is 0. The Morgan fingerprint density at radius 2 is 1.11 bits per heavy atom. The van der Waals surface area contributed by atoms with Crippen LogP contribution in [0.3, 0.4) is 0 Å². The number of unbranched alkanes of at least 4 members (excludes halogenated alkanes) is 6. The Hall–Kier alpha value is -1.45. The lowest BCUT2D eigenvalue weighted by Gasteiger charge is -2.38. The van der Waals surface area contributed by atoms with Crippen LogP contribution in [0, 0.1) is 35.0 Å². The number of rotatable bonds is 18. The van der Waals surface area contributed by atoms with E-state index in [-0.39, 0.29) is 24.7 Å². The van der Waals surface area contributed by atoms with Gasteiger partial charge in [-0.2, -0.15) is 0 Å². The molecule has 0 aliphatic rings. The van der Waals surface area contributed by atoms with Crippen LogP contribution in [0.4, 0.5) is 27.6 Å². The molecule has 0 spiro atoms. The summed E-state index contributed by atoms with van der Waals surface area (Å²) in [6.07, 6.45) is 8.07. The normalized spacial score (nSPS) is 13.2. The van der Waals surface area contributed by atoms with Crippen molar-refractivity contribution in [2.24, 2.45) is 5.92 Å². The van der Waals surface area contributed by atoms with Gasteiger partial charge in [0, 0.05) is 12.5 Å². The van der Waals surface area contributed by atoms with Crippen LogP contribution in [0.2, 0.25) is 0 Å². The number of aliphatic hydroxyl groups is 1. The van der Waals surface area contributed by atoms with Crippen molar-refractivity contribution in [1.82, 2.24) is 0 Å². The molecule has 0 heterocycles. The predicted octanol–water partition coefficient (Wildman–Crippen LogP) is 7.83. The minimum absolute atomic E-state index is 0.00338. The Bertz CT molecular complexity index is 722. The Morgan fingerprint density at radius 1 is 0.686 bits per heavy atom. The fraction of sp³-hybridized carbons (Fsp3) is 0.769. The van der Waals surface area contributed by atoms with E-state index in [1.54, 1.807) is 0 Å².